The molecule has 1 saturated heterocycles. The van der Waals surface area contributed by atoms with Crippen molar-refractivity contribution in [2.75, 3.05) is 13.1 Å². The quantitative estimate of drug-likeness (QED) is 0.851. The number of halogens is 1. The van der Waals surface area contributed by atoms with E-state index in [-0.39, 0.29) is 6.09 Å². The Kier molecular flexibility index (Phi) is 6.25. The number of aromatic nitrogens is 1. The Hall–Kier alpha value is -1.33. The molecule has 2 heterocycles. The van der Waals surface area contributed by atoms with Crippen molar-refractivity contribution in [3.05, 3.63) is 29.0 Å². The van der Waals surface area contributed by atoms with Crippen LogP contribution in [0.2, 0.25) is 5.15 Å². The Balaban J connectivity index is 1.88. The molecule has 0 saturated carbocycles. The van der Waals surface area contributed by atoms with Gasteiger partial charge in [-0.05, 0) is 51.8 Å². The van der Waals surface area contributed by atoms with Crippen LogP contribution in [0.15, 0.2) is 18.3 Å². The van der Waals surface area contributed by atoms with Crippen LogP contribution in [0.25, 0.3) is 0 Å². The van der Waals surface area contributed by atoms with Crippen molar-refractivity contribution in [2.45, 2.75) is 58.2 Å². The Bertz CT molecular complexity index is 514. The molecular formula is C17H26ClN3O2. The van der Waals surface area contributed by atoms with Gasteiger partial charge in [-0.1, -0.05) is 24.1 Å². The molecule has 0 bridgehead atoms. The van der Waals surface area contributed by atoms with Gasteiger partial charge in [0.25, 0.3) is 0 Å². The monoisotopic (exact) mass is 339 g/mol. The van der Waals surface area contributed by atoms with Gasteiger partial charge in [-0.2, -0.15) is 0 Å². The highest BCUT2D eigenvalue weighted by molar-refractivity contribution is 6.29. The number of alkyl carbamates (subject to hydrolysis) is 1. The predicted molar refractivity (Wildman–Crippen MR) is 91.5 cm³/mol. The molecule has 0 aromatic carbocycles. The van der Waals surface area contributed by atoms with Crippen molar-refractivity contribution in [2.24, 2.45) is 0 Å². The molecule has 2 rings (SSSR count). The molecule has 23 heavy (non-hydrogen) atoms. The van der Waals surface area contributed by atoms with Crippen LogP contribution in [0, 0.1) is 0 Å². The Labute approximate surface area is 143 Å². The van der Waals surface area contributed by atoms with Gasteiger partial charge in [-0.15, -0.1) is 0 Å². The molecule has 1 aromatic rings. The summed E-state index contributed by atoms with van der Waals surface area (Å²) in [6, 6.07) is 4.14. The molecule has 1 aliphatic rings. The lowest BCUT2D eigenvalue weighted by Gasteiger charge is -2.36. The molecule has 1 N–H and O–H groups in total. The zero-order valence-corrected chi connectivity index (χ0v) is 14.9. The second-order valence-electron chi connectivity index (χ2n) is 6.99. The molecule has 6 heteroatoms. The van der Waals surface area contributed by atoms with Crippen LogP contribution >= 0.6 is 11.6 Å². The van der Waals surface area contributed by atoms with Gasteiger partial charge in [0, 0.05) is 25.3 Å². The van der Waals surface area contributed by atoms with Crippen molar-refractivity contribution < 1.29 is 9.53 Å². The second-order valence-corrected chi connectivity index (χ2v) is 7.38. The van der Waals surface area contributed by atoms with E-state index in [0.29, 0.717) is 17.7 Å². The summed E-state index contributed by atoms with van der Waals surface area (Å²) in [5.74, 6) is 0. The number of rotatable bonds is 4. The van der Waals surface area contributed by atoms with E-state index in [9.17, 15) is 4.79 Å². The summed E-state index contributed by atoms with van der Waals surface area (Å²) >= 11 is 5.83. The molecule has 1 atom stereocenters. The number of pyridine rings is 1. The topological polar surface area (TPSA) is 54.5 Å². The number of amides is 1. The van der Waals surface area contributed by atoms with Crippen LogP contribution in [-0.2, 0) is 11.3 Å². The number of carbonyl (C=O) groups excluding carboxylic acids is 1. The van der Waals surface area contributed by atoms with E-state index in [2.05, 4.69) is 15.2 Å². The lowest BCUT2D eigenvalue weighted by atomic mass is 10.0. The Morgan fingerprint density at radius 1 is 1.43 bits per heavy atom. The van der Waals surface area contributed by atoms with Crippen molar-refractivity contribution in [3.8, 4) is 0 Å². The van der Waals surface area contributed by atoms with Crippen LogP contribution in [0.1, 0.15) is 45.6 Å². The number of nitrogens with zero attached hydrogens (tertiary/aromatic N) is 2. The SMILES string of the molecule is CC(C)(C)OC(=O)NCC1CCCCN1Cc1ccc(Cl)nc1. The summed E-state index contributed by atoms with van der Waals surface area (Å²) in [4.78, 5) is 18.4. The van der Waals surface area contributed by atoms with Crippen LogP contribution in [0.3, 0.4) is 0 Å². The van der Waals surface area contributed by atoms with Gasteiger partial charge in [-0.3, -0.25) is 4.90 Å². The fourth-order valence-corrected chi connectivity index (χ4v) is 2.86. The van der Waals surface area contributed by atoms with E-state index in [0.717, 1.165) is 25.1 Å². The van der Waals surface area contributed by atoms with Gasteiger partial charge >= 0.3 is 6.09 Å². The zero-order chi connectivity index (χ0) is 16.9. The molecule has 1 aliphatic heterocycles. The Morgan fingerprint density at radius 3 is 2.87 bits per heavy atom. The number of piperidine rings is 1. The van der Waals surface area contributed by atoms with Gasteiger partial charge in [0.2, 0.25) is 0 Å². The fourth-order valence-electron chi connectivity index (χ4n) is 2.75. The van der Waals surface area contributed by atoms with Crippen molar-refractivity contribution >= 4 is 17.7 Å². The highest BCUT2D eigenvalue weighted by Gasteiger charge is 2.24. The van der Waals surface area contributed by atoms with Gasteiger partial charge in [0.15, 0.2) is 0 Å². The van der Waals surface area contributed by atoms with E-state index in [4.69, 9.17) is 16.3 Å². The summed E-state index contributed by atoms with van der Waals surface area (Å²) < 4.78 is 5.30. The van der Waals surface area contributed by atoms with Gasteiger partial charge in [-0.25, -0.2) is 9.78 Å². The van der Waals surface area contributed by atoms with Gasteiger partial charge < -0.3 is 10.1 Å². The second kappa shape index (κ2) is 7.97. The molecule has 1 fully saturated rings. The maximum absolute atomic E-state index is 11.8. The third-order valence-electron chi connectivity index (χ3n) is 3.80. The number of hydrogen-bond donors (Lipinski definition) is 1. The lowest BCUT2D eigenvalue weighted by molar-refractivity contribution is 0.0492. The van der Waals surface area contributed by atoms with Crippen LogP contribution in [0.5, 0.6) is 0 Å². The molecule has 1 aromatic heterocycles. The first kappa shape index (κ1) is 18.0. The van der Waals surface area contributed by atoms with Crippen LogP contribution < -0.4 is 5.32 Å². The van der Waals surface area contributed by atoms with E-state index in [1.54, 1.807) is 0 Å². The van der Waals surface area contributed by atoms with Crippen molar-refractivity contribution in [3.63, 3.8) is 0 Å². The minimum absolute atomic E-state index is 0.326. The predicted octanol–water partition coefficient (Wildman–Crippen LogP) is 3.61. The molecule has 1 unspecified atom stereocenters. The first-order valence-corrected chi connectivity index (χ1v) is 8.52. The Morgan fingerprint density at radius 2 is 2.22 bits per heavy atom. The van der Waals surface area contributed by atoms with E-state index in [1.165, 1.54) is 12.8 Å². The molecular weight excluding hydrogens is 314 g/mol. The summed E-state index contributed by atoms with van der Waals surface area (Å²) in [5, 5.41) is 3.40. The van der Waals surface area contributed by atoms with E-state index < -0.39 is 5.60 Å². The highest BCUT2D eigenvalue weighted by atomic mass is 35.5. The van der Waals surface area contributed by atoms with E-state index >= 15 is 0 Å². The highest BCUT2D eigenvalue weighted by Crippen LogP contribution is 2.19. The summed E-state index contributed by atoms with van der Waals surface area (Å²) in [6.45, 7) is 8.07. The zero-order valence-electron chi connectivity index (χ0n) is 14.1. The minimum Gasteiger partial charge on any atom is -0.444 e. The minimum atomic E-state index is -0.467. The summed E-state index contributed by atoms with van der Waals surface area (Å²) in [6.07, 6.45) is 4.92. The number of hydrogen-bond acceptors (Lipinski definition) is 4. The maximum Gasteiger partial charge on any atom is 0.407 e. The average Bonchev–Trinajstić information content (AvgIpc) is 2.47. The summed E-state index contributed by atoms with van der Waals surface area (Å²) in [7, 11) is 0. The van der Waals surface area contributed by atoms with Crippen LogP contribution in [-0.4, -0.2) is 40.7 Å². The standard InChI is InChI=1S/C17H26ClN3O2/c1-17(2,3)23-16(22)20-11-14-6-4-5-9-21(14)12-13-7-8-15(18)19-10-13/h7-8,10,14H,4-6,9,11-12H2,1-3H3,(H,20,22). The molecule has 128 valence electrons. The molecule has 1 amide bonds. The normalized spacial score (nSPS) is 19.4. The largest absolute Gasteiger partial charge is 0.444 e. The van der Waals surface area contributed by atoms with Gasteiger partial charge in [0.1, 0.15) is 10.8 Å². The number of ether oxygens (including phenoxy) is 1. The fraction of sp³-hybridized carbons (Fsp3) is 0.647. The van der Waals surface area contributed by atoms with Crippen LogP contribution in [0.4, 0.5) is 4.79 Å². The number of carbonyl (C=O) groups is 1. The van der Waals surface area contributed by atoms with Crippen molar-refractivity contribution in [1.29, 1.82) is 0 Å². The molecule has 0 radical (unpaired) electrons. The number of likely N-dealkylation sites (tertiary alicyclic amines) is 1. The molecule has 5 nitrogen and oxygen atoms in total. The van der Waals surface area contributed by atoms with E-state index in [1.807, 2.05) is 39.1 Å². The first-order chi connectivity index (χ1) is 10.8. The maximum atomic E-state index is 11.8. The summed E-state index contributed by atoms with van der Waals surface area (Å²) in [5.41, 5.74) is 0.671. The molecule has 0 spiro atoms. The van der Waals surface area contributed by atoms with Gasteiger partial charge in [0.05, 0.1) is 0 Å². The first-order valence-electron chi connectivity index (χ1n) is 8.15. The lowest BCUT2D eigenvalue weighted by Crippen LogP contribution is -2.47. The smallest absolute Gasteiger partial charge is 0.407 e. The number of nitrogens with one attached hydrogen (secondary N) is 1. The third kappa shape index (κ3) is 6.36. The van der Waals surface area contributed by atoms with Crippen molar-refractivity contribution in [1.82, 2.24) is 15.2 Å². The third-order valence-corrected chi connectivity index (χ3v) is 4.03. The average molecular weight is 340 g/mol. The molecule has 0 aliphatic carbocycles.